The van der Waals surface area contributed by atoms with Crippen LogP contribution in [-0.4, -0.2) is 5.91 Å². The second kappa shape index (κ2) is 5.54. The van der Waals surface area contributed by atoms with Gasteiger partial charge in [-0.25, -0.2) is 8.78 Å². The molecule has 2 rings (SSSR count). The number of amides is 1. The maximum atomic E-state index is 13.6. The Labute approximate surface area is 117 Å². The molecule has 0 saturated carbocycles. The van der Waals surface area contributed by atoms with Crippen molar-refractivity contribution in [3.63, 3.8) is 0 Å². The van der Waals surface area contributed by atoms with Crippen LogP contribution < -0.4 is 11.1 Å². The number of hydrogen-bond donors (Lipinski definition) is 2. The van der Waals surface area contributed by atoms with Gasteiger partial charge in [-0.2, -0.15) is 0 Å². The Morgan fingerprint density at radius 1 is 1.32 bits per heavy atom. The van der Waals surface area contributed by atoms with Crippen molar-refractivity contribution in [2.75, 3.05) is 5.73 Å². The van der Waals surface area contributed by atoms with Crippen LogP contribution in [0.5, 0.6) is 0 Å². The van der Waals surface area contributed by atoms with E-state index in [0.717, 1.165) is 17.0 Å². The van der Waals surface area contributed by atoms with E-state index in [-0.39, 0.29) is 12.2 Å². The van der Waals surface area contributed by atoms with Gasteiger partial charge in [0.05, 0.1) is 16.6 Å². The van der Waals surface area contributed by atoms with Crippen molar-refractivity contribution in [3.05, 3.63) is 50.7 Å². The number of nitrogens with one attached hydrogen (secondary N) is 1. The Bertz CT molecular complexity index is 630. The molecule has 19 heavy (non-hydrogen) atoms. The largest absolute Gasteiger partial charge is 0.396 e. The molecular weight excluding hydrogens is 294 g/mol. The maximum absolute atomic E-state index is 13.6. The van der Waals surface area contributed by atoms with Crippen molar-refractivity contribution >= 4 is 34.5 Å². The van der Waals surface area contributed by atoms with Gasteiger partial charge in [0.1, 0.15) is 11.4 Å². The van der Waals surface area contributed by atoms with Gasteiger partial charge in [-0.1, -0.05) is 11.6 Å². The number of carbonyl (C=O) groups excluding carboxylic acids is 1. The lowest BCUT2D eigenvalue weighted by Gasteiger charge is -2.07. The van der Waals surface area contributed by atoms with E-state index in [1.54, 1.807) is 12.1 Å². The molecule has 0 radical (unpaired) electrons. The minimum atomic E-state index is -1.05. The Balaban J connectivity index is 2.14. The molecule has 0 saturated heterocycles. The van der Waals surface area contributed by atoms with Crippen molar-refractivity contribution in [3.8, 4) is 0 Å². The number of nitrogens with two attached hydrogens (primary N) is 1. The Morgan fingerprint density at radius 3 is 2.68 bits per heavy atom. The number of halogens is 3. The molecule has 1 heterocycles. The Kier molecular flexibility index (Phi) is 4.01. The summed E-state index contributed by atoms with van der Waals surface area (Å²) in [6.45, 7) is 0.143. The Hall–Kier alpha value is -1.66. The van der Waals surface area contributed by atoms with Crippen LogP contribution in [0.25, 0.3) is 0 Å². The molecule has 0 bridgehead atoms. The third-order valence-corrected chi connectivity index (χ3v) is 3.63. The highest BCUT2D eigenvalue weighted by atomic mass is 35.5. The van der Waals surface area contributed by atoms with Crippen molar-refractivity contribution in [1.82, 2.24) is 5.32 Å². The van der Waals surface area contributed by atoms with E-state index in [2.05, 4.69) is 5.32 Å². The van der Waals surface area contributed by atoms with Gasteiger partial charge in [-0.15, -0.1) is 11.3 Å². The van der Waals surface area contributed by atoms with Crippen molar-refractivity contribution in [1.29, 1.82) is 0 Å². The molecule has 100 valence electrons. The molecular formula is C12H9ClF2N2OS. The van der Waals surface area contributed by atoms with Crippen molar-refractivity contribution < 1.29 is 13.6 Å². The lowest BCUT2D eigenvalue weighted by atomic mass is 10.1. The molecule has 3 nitrogen and oxygen atoms in total. The molecule has 0 aliphatic carbocycles. The molecule has 1 aromatic carbocycles. The van der Waals surface area contributed by atoms with Crippen LogP contribution in [0.1, 0.15) is 15.2 Å². The average Bonchev–Trinajstić information content (AvgIpc) is 2.78. The summed E-state index contributed by atoms with van der Waals surface area (Å²) in [6.07, 6.45) is 0. The lowest BCUT2D eigenvalue weighted by molar-refractivity contribution is 0.0943. The molecule has 0 unspecified atom stereocenters. The fraction of sp³-hybridized carbons (Fsp3) is 0.0833. The topological polar surface area (TPSA) is 55.1 Å². The quantitative estimate of drug-likeness (QED) is 0.856. The van der Waals surface area contributed by atoms with E-state index in [0.29, 0.717) is 4.34 Å². The summed E-state index contributed by atoms with van der Waals surface area (Å²) in [5.41, 5.74) is 4.35. The van der Waals surface area contributed by atoms with Gasteiger partial charge in [0.2, 0.25) is 0 Å². The summed E-state index contributed by atoms with van der Waals surface area (Å²) in [5.74, 6) is -2.86. The van der Waals surface area contributed by atoms with Crippen LogP contribution in [-0.2, 0) is 6.54 Å². The predicted octanol–water partition coefficient (Wildman–Crippen LogP) is 3.19. The van der Waals surface area contributed by atoms with Gasteiger partial charge in [0.25, 0.3) is 5.91 Å². The lowest BCUT2D eigenvalue weighted by Crippen LogP contribution is -2.25. The third-order valence-electron chi connectivity index (χ3n) is 2.40. The van der Waals surface area contributed by atoms with E-state index >= 15 is 0 Å². The molecule has 2 aromatic rings. The van der Waals surface area contributed by atoms with Gasteiger partial charge in [-0.05, 0) is 24.3 Å². The van der Waals surface area contributed by atoms with Crippen molar-refractivity contribution in [2.24, 2.45) is 0 Å². The van der Waals surface area contributed by atoms with Gasteiger partial charge < -0.3 is 11.1 Å². The van der Waals surface area contributed by atoms with Gasteiger partial charge in [0.15, 0.2) is 5.82 Å². The van der Waals surface area contributed by atoms with E-state index in [1.807, 2.05) is 0 Å². The van der Waals surface area contributed by atoms with Crippen LogP contribution >= 0.6 is 22.9 Å². The smallest absolute Gasteiger partial charge is 0.257 e. The number of carbonyl (C=O) groups is 1. The predicted molar refractivity (Wildman–Crippen MR) is 71.3 cm³/mol. The highest BCUT2D eigenvalue weighted by Gasteiger charge is 2.19. The number of benzene rings is 1. The molecule has 7 heteroatoms. The van der Waals surface area contributed by atoms with E-state index in [9.17, 15) is 13.6 Å². The first-order valence-electron chi connectivity index (χ1n) is 5.25. The number of anilines is 1. The van der Waals surface area contributed by atoms with Crippen LogP contribution in [0.15, 0.2) is 24.3 Å². The van der Waals surface area contributed by atoms with Gasteiger partial charge in [-0.3, -0.25) is 4.79 Å². The molecule has 1 amide bonds. The Morgan fingerprint density at radius 2 is 2.05 bits per heavy atom. The first kappa shape index (κ1) is 13.8. The summed E-state index contributed by atoms with van der Waals surface area (Å²) >= 11 is 7.01. The molecule has 0 aliphatic heterocycles. The zero-order valence-electron chi connectivity index (χ0n) is 9.54. The number of rotatable bonds is 3. The summed E-state index contributed by atoms with van der Waals surface area (Å²) in [4.78, 5) is 12.5. The van der Waals surface area contributed by atoms with E-state index < -0.39 is 23.1 Å². The number of hydrogen-bond acceptors (Lipinski definition) is 3. The molecule has 1 aromatic heterocycles. The average molecular weight is 303 g/mol. The SMILES string of the molecule is Nc1ccc(F)c(C(=O)NCc2ccc(Cl)s2)c1F. The van der Waals surface area contributed by atoms with E-state index in [1.165, 1.54) is 11.3 Å². The summed E-state index contributed by atoms with van der Waals surface area (Å²) < 4.78 is 27.6. The van der Waals surface area contributed by atoms with Crippen molar-refractivity contribution in [2.45, 2.75) is 6.54 Å². The first-order valence-corrected chi connectivity index (χ1v) is 6.44. The minimum absolute atomic E-state index is 0.143. The second-order valence-corrected chi connectivity index (χ2v) is 5.51. The zero-order valence-corrected chi connectivity index (χ0v) is 11.1. The fourth-order valence-corrected chi connectivity index (χ4v) is 2.51. The molecule has 0 atom stereocenters. The van der Waals surface area contributed by atoms with Gasteiger partial charge >= 0.3 is 0 Å². The first-order chi connectivity index (χ1) is 8.99. The second-order valence-electron chi connectivity index (χ2n) is 3.71. The molecule has 3 N–H and O–H groups in total. The fourth-order valence-electron chi connectivity index (χ4n) is 1.48. The third kappa shape index (κ3) is 3.02. The van der Waals surface area contributed by atoms with Gasteiger partial charge in [0, 0.05) is 4.88 Å². The minimum Gasteiger partial charge on any atom is -0.396 e. The summed E-state index contributed by atoms with van der Waals surface area (Å²) in [6, 6.07) is 5.42. The van der Waals surface area contributed by atoms with Crippen LogP contribution in [0, 0.1) is 11.6 Å². The molecule has 0 fully saturated rings. The zero-order chi connectivity index (χ0) is 14.0. The van der Waals surface area contributed by atoms with Crippen LogP contribution in [0.4, 0.5) is 14.5 Å². The standard InChI is InChI=1S/C12H9ClF2N2OS/c13-9-4-1-6(19-9)5-17-12(18)10-7(14)2-3-8(16)11(10)15/h1-4H,5,16H2,(H,17,18). The summed E-state index contributed by atoms with van der Waals surface area (Å²) in [5, 5.41) is 2.41. The van der Waals surface area contributed by atoms with E-state index in [4.69, 9.17) is 17.3 Å². The normalized spacial score (nSPS) is 10.5. The number of nitrogen functional groups attached to an aromatic ring is 1. The summed E-state index contributed by atoms with van der Waals surface area (Å²) in [7, 11) is 0. The van der Waals surface area contributed by atoms with Crippen LogP contribution in [0.2, 0.25) is 4.34 Å². The number of thiophene rings is 1. The monoisotopic (exact) mass is 302 g/mol. The highest BCUT2D eigenvalue weighted by molar-refractivity contribution is 7.16. The highest BCUT2D eigenvalue weighted by Crippen LogP contribution is 2.22. The maximum Gasteiger partial charge on any atom is 0.257 e. The van der Waals surface area contributed by atoms with Crippen LogP contribution in [0.3, 0.4) is 0 Å². The molecule has 0 spiro atoms. The molecule has 0 aliphatic rings.